The molecule has 1 aromatic carbocycles. The molecule has 0 aliphatic heterocycles. The zero-order valence-electron chi connectivity index (χ0n) is 7.38. The van der Waals surface area contributed by atoms with Crippen molar-refractivity contribution in [2.24, 2.45) is 0 Å². The minimum atomic E-state index is -0.0712. The van der Waals surface area contributed by atoms with Crippen LogP contribution in [-0.4, -0.2) is 12.2 Å². The first-order chi connectivity index (χ1) is 6.19. The van der Waals surface area contributed by atoms with Crippen molar-refractivity contribution in [3.8, 4) is 5.75 Å². The summed E-state index contributed by atoms with van der Waals surface area (Å²) in [7, 11) is 1.58. The third kappa shape index (κ3) is 2.23. The molecule has 0 unspecified atom stereocenters. The fraction of sp³-hybridized carbons (Fsp3) is 0.200. The number of benzene rings is 1. The van der Waals surface area contributed by atoms with Gasteiger partial charge in [-0.05, 0) is 29.3 Å². The number of hydrogen-bond donors (Lipinski definition) is 1. The summed E-state index contributed by atoms with van der Waals surface area (Å²) >= 11 is 5.74. The number of methoxy groups -OCH3 is 1. The number of aliphatic hydroxyl groups excluding tert-OH is 1. The van der Waals surface area contributed by atoms with E-state index in [9.17, 15) is 0 Å². The van der Waals surface area contributed by atoms with Gasteiger partial charge < -0.3 is 9.84 Å². The number of halogens is 1. The summed E-state index contributed by atoms with van der Waals surface area (Å²) in [5.41, 5.74) is 1.48. The highest BCUT2D eigenvalue weighted by Gasteiger charge is 2.04. The van der Waals surface area contributed by atoms with Crippen LogP contribution in [0.3, 0.4) is 0 Å². The van der Waals surface area contributed by atoms with E-state index in [0.29, 0.717) is 10.8 Å². The molecule has 13 heavy (non-hydrogen) atoms. The molecule has 0 amide bonds. The van der Waals surface area contributed by atoms with Gasteiger partial charge in [0.25, 0.3) is 0 Å². The Hall–Kier alpha value is -0.990. The Bertz CT molecular complexity index is 321. The molecule has 70 valence electrons. The molecular weight excluding hydrogens is 188 g/mol. The van der Waals surface area contributed by atoms with Gasteiger partial charge in [-0.15, -0.1) is 0 Å². The van der Waals surface area contributed by atoms with E-state index in [-0.39, 0.29) is 6.61 Å². The van der Waals surface area contributed by atoms with Gasteiger partial charge in [-0.1, -0.05) is 18.2 Å². The van der Waals surface area contributed by atoms with Gasteiger partial charge in [0.2, 0.25) is 0 Å². The van der Waals surface area contributed by atoms with E-state index in [0.717, 1.165) is 11.1 Å². The normalized spacial score (nSPS) is 9.77. The predicted molar refractivity (Wildman–Crippen MR) is 53.8 cm³/mol. The standard InChI is InChI=1S/C10H11ClO2/c1-7(11)10-4-3-9(13-2)5-8(10)6-12/h3-5,12H,1,6H2,2H3. The predicted octanol–water partition coefficient (Wildman–Crippen LogP) is 2.40. The Kier molecular flexibility index (Phi) is 3.34. The highest BCUT2D eigenvalue weighted by molar-refractivity contribution is 6.48. The first-order valence-corrected chi connectivity index (χ1v) is 4.19. The summed E-state index contributed by atoms with van der Waals surface area (Å²) in [6.45, 7) is 3.53. The minimum absolute atomic E-state index is 0.0712. The van der Waals surface area contributed by atoms with Crippen molar-refractivity contribution in [3.63, 3.8) is 0 Å². The molecule has 0 heterocycles. The SMILES string of the molecule is C=C(Cl)c1ccc(OC)cc1CO. The fourth-order valence-electron chi connectivity index (χ4n) is 1.09. The summed E-state index contributed by atoms with van der Waals surface area (Å²) in [5.74, 6) is 0.700. The molecule has 1 N–H and O–H groups in total. The zero-order chi connectivity index (χ0) is 9.84. The summed E-state index contributed by atoms with van der Waals surface area (Å²) in [5, 5.41) is 9.45. The lowest BCUT2D eigenvalue weighted by atomic mass is 10.1. The Morgan fingerprint density at radius 1 is 1.62 bits per heavy atom. The number of aliphatic hydroxyl groups is 1. The monoisotopic (exact) mass is 198 g/mol. The molecule has 0 spiro atoms. The van der Waals surface area contributed by atoms with Crippen LogP contribution in [0.15, 0.2) is 24.8 Å². The van der Waals surface area contributed by atoms with E-state index >= 15 is 0 Å². The lowest BCUT2D eigenvalue weighted by Gasteiger charge is -2.07. The van der Waals surface area contributed by atoms with Crippen LogP contribution in [-0.2, 0) is 6.61 Å². The Balaban J connectivity index is 3.15. The van der Waals surface area contributed by atoms with Gasteiger partial charge in [0.1, 0.15) is 5.75 Å². The van der Waals surface area contributed by atoms with E-state index in [4.69, 9.17) is 21.4 Å². The van der Waals surface area contributed by atoms with E-state index in [2.05, 4.69) is 6.58 Å². The molecule has 1 aromatic rings. The zero-order valence-corrected chi connectivity index (χ0v) is 8.14. The van der Waals surface area contributed by atoms with Crippen molar-refractivity contribution in [1.82, 2.24) is 0 Å². The average Bonchev–Trinajstić information content (AvgIpc) is 2.16. The highest BCUT2D eigenvalue weighted by atomic mass is 35.5. The summed E-state index contributed by atoms with van der Waals surface area (Å²) in [4.78, 5) is 0. The third-order valence-electron chi connectivity index (χ3n) is 1.78. The van der Waals surface area contributed by atoms with E-state index in [1.54, 1.807) is 25.3 Å². The second-order valence-corrected chi connectivity index (χ2v) is 3.04. The maximum Gasteiger partial charge on any atom is 0.119 e. The van der Waals surface area contributed by atoms with Crippen LogP contribution < -0.4 is 4.74 Å². The van der Waals surface area contributed by atoms with Gasteiger partial charge in [-0.25, -0.2) is 0 Å². The van der Waals surface area contributed by atoms with Gasteiger partial charge in [0.05, 0.1) is 13.7 Å². The number of hydrogen-bond acceptors (Lipinski definition) is 2. The second kappa shape index (κ2) is 4.30. The lowest BCUT2D eigenvalue weighted by molar-refractivity contribution is 0.280. The Morgan fingerprint density at radius 3 is 2.77 bits per heavy atom. The largest absolute Gasteiger partial charge is 0.497 e. The maximum absolute atomic E-state index is 9.03. The van der Waals surface area contributed by atoms with Gasteiger partial charge in [0, 0.05) is 5.03 Å². The maximum atomic E-state index is 9.03. The first-order valence-electron chi connectivity index (χ1n) is 3.81. The minimum Gasteiger partial charge on any atom is -0.497 e. The molecular formula is C10H11ClO2. The van der Waals surface area contributed by atoms with Crippen LogP contribution in [0.2, 0.25) is 0 Å². The first kappa shape index (κ1) is 10.1. The van der Waals surface area contributed by atoms with Crippen molar-refractivity contribution < 1.29 is 9.84 Å². The van der Waals surface area contributed by atoms with Crippen molar-refractivity contribution in [2.75, 3.05) is 7.11 Å². The van der Waals surface area contributed by atoms with Crippen LogP contribution >= 0.6 is 11.6 Å². The smallest absolute Gasteiger partial charge is 0.119 e. The highest BCUT2D eigenvalue weighted by Crippen LogP contribution is 2.25. The molecule has 0 fully saturated rings. The Labute approximate surface area is 82.4 Å². The van der Waals surface area contributed by atoms with Crippen LogP contribution in [0.4, 0.5) is 0 Å². The van der Waals surface area contributed by atoms with Crippen molar-refractivity contribution >= 4 is 16.6 Å². The molecule has 3 heteroatoms. The number of ether oxygens (including phenoxy) is 1. The molecule has 0 aromatic heterocycles. The average molecular weight is 199 g/mol. The molecule has 2 nitrogen and oxygen atoms in total. The molecule has 0 aliphatic carbocycles. The van der Waals surface area contributed by atoms with Crippen LogP contribution in [0.5, 0.6) is 5.75 Å². The molecule has 0 radical (unpaired) electrons. The molecule has 0 saturated carbocycles. The van der Waals surface area contributed by atoms with Gasteiger partial charge in [-0.3, -0.25) is 0 Å². The molecule has 0 aliphatic rings. The summed E-state index contributed by atoms with van der Waals surface area (Å²) in [6.07, 6.45) is 0. The van der Waals surface area contributed by atoms with E-state index in [1.165, 1.54) is 0 Å². The van der Waals surface area contributed by atoms with Gasteiger partial charge in [0.15, 0.2) is 0 Å². The molecule has 0 saturated heterocycles. The van der Waals surface area contributed by atoms with Crippen LogP contribution in [0, 0.1) is 0 Å². The quantitative estimate of drug-likeness (QED) is 0.808. The van der Waals surface area contributed by atoms with E-state index in [1.807, 2.05) is 0 Å². The molecule has 0 bridgehead atoms. The van der Waals surface area contributed by atoms with Crippen molar-refractivity contribution in [1.29, 1.82) is 0 Å². The third-order valence-corrected chi connectivity index (χ3v) is 1.98. The summed E-state index contributed by atoms with van der Waals surface area (Å²) < 4.78 is 5.01. The topological polar surface area (TPSA) is 29.5 Å². The fourth-order valence-corrected chi connectivity index (χ4v) is 1.28. The van der Waals surface area contributed by atoms with Crippen LogP contribution in [0.1, 0.15) is 11.1 Å². The Morgan fingerprint density at radius 2 is 2.31 bits per heavy atom. The molecule has 0 atom stereocenters. The van der Waals surface area contributed by atoms with E-state index < -0.39 is 0 Å². The summed E-state index contributed by atoms with van der Waals surface area (Å²) in [6, 6.07) is 5.30. The van der Waals surface area contributed by atoms with Crippen molar-refractivity contribution in [2.45, 2.75) is 6.61 Å². The van der Waals surface area contributed by atoms with Crippen LogP contribution in [0.25, 0.3) is 5.03 Å². The molecule has 1 rings (SSSR count). The van der Waals surface area contributed by atoms with Gasteiger partial charge in [-0.2, -0.15) is 0 Å². The lowest BCUT2D eigenvalue weighted by Crippen LogP contribution is -1.92. The second-order valence-electron chi connectivity index (χ2n) is 2.59. The number of rotatable bonds is 3. The van der Waals surface area contributed by atoms with Crippen molar-refractivity contribution in [3.05, 3.63) is 35.9 Å². The van der Waals surface area contributed by atoms with Gasteiger partial charge >= 0.3 is 0 Å².